The number of benzene rings is 3. The standard InChI is InChI=1S/C26H22N4O5/c1-3-23(32)29-21-12-22(31)19(11-17(21)16-7-5-4-6-14(16)2)24(28)25(33)30-20-9-8-15(13-27)10-18(20)26(34)35/h4-12,28,31H,3H2,1-2H3,(H,29,32)(H,30,33)(H,34,35). The van der Waals surface area contributed by atoms with E-state index < -0.39 is 23.3 Å². The van der Waals surface area contributed by atoms with Crippen LogP contribution in [0.1, 0.15) is 40.4 Å². The molecular weight excluding hydrogens is 448 g/mol. The van der Waals surface area contributed by atoms with Crippen molar-refractivity contribution in [2.75, 3.05) is 10.6 Å². The van der Waals surface area contributed by atoms with Crippen LogP contribution in [-0.4, -0.2) is 33.7 Å². The second kappa shape index (κ2) is 10.3. The molecule has 0 aliphatic carbocycles. The summed E-state index contributed by atoms with van der Waals surface area (Å²) in [5, 5.41) is 42.5. The highest BCUT2D eigenvalue weighted by Crippen LogP contribution is 2.36. The molecule has 5 N–H and O–H groups in total. The van der Waals surface area contributed by atoms with Gasteiger partial charge in [-0.1, -0.05) is 31.2 Å². The van der Waals surface area contributed by atoms with Gasteiger partial charge in [-0.2, -0.15) is 5.26 Å². The summed E-state index contributed by atoms with van der Waals surface area (Å²) in [6, 6.07) is 15.6. The first-order chi connectivity index (χ1) is 16.7. The number of phenolic OH excluding ortho intramolecular Hbond substituents is 1. The SMILES string of the molecule is CCC(=O)Nc1cc(O)c(C(=N)C(=O)Nc2ccc(C#N)cc2C(=O)O)cc1-c1ccccc1C. The molecule has 0 saturated heterocycles. The minimum atomic E-state index is -1.36. The third-order valence-corrected chi connectivity index (χ3v) is 5.29. The van der Waals surface area contributed by atoms with E-state index in [1.54, 1.807) is 13.0 Å². The predicted octanol–water partition coefficient (Wildman–Crippen LogP) is 4.29. The zero-order valence-electron chi connectivity index (χ0n) is 19.0. The molecule has 3 aromatic carbocycles. The number of aryl methyl sites for hydroxylation is 1. The number of aromatic hydroxyl groups is 1. The van der Waals surface area contributed by atoms with Crippen molar-refractivity contribution in [3.8, 4) is 22.9 Å². The highest BCUT2D eigenvalue weighted by atomic mass is 16.4. The van der Waals surface area contributed by atoms with Crippen LogP contribution in [0, 0.1) is 23.7 Å². The van der Waals surface area contributed by atoms with Crippen molar-refractivity contribution in [1.82, 2.24) is 0 Å². The molecule has 0 aliphatic heterocycles. The van der Waals surface area contributed by atoms with Crippen molar-refractivity contribution in [1.29, 1.82) is 10.7 Å². The van der Waals surface area contributed by atoms with Gasteiger partial charge in [-0.15, -0.1) is 0 Å². The zero-order valence-corrected chi connectivity index (χ0v) is 19.0. The summed E-state index contributed by atoms with van der Waals surface area (Å²) in [5.41, 5.74) is 1.38. The Hall–Kier alpha value is -4.97. The Morgan fingerprint density at radius 1 is 0.971 bits per heavy atom. The average Bonchev–Trinajstić information content (AvgIpc) is 2.84. The Balaban J connectivity index is 2.04. The van der Waals surface area contributed by atoms with Gasteiger partial charge in [-0.05, 0) is 42.3 Å². The average molecular weight is 470 g/mol. The van der Waals surface area contributed by atoms with E-state index >= 15 is 0 Å². The summed E-state index contributed by atoms with van der Waals surface area (Å²) in [6.45, 7) is 3.55. The van der Waals surface area contributed by atoms with E-state index in [0.717, 1.165) is 17.2 Å². The second-order valence-corrected chi connectivity index (χ2v) is 7.64. The third kappa shape index (κ3) is 5.34. The number of amides is 2. The number of hydrogen-bond donors (Lipinski definition) is 5. The van der Waals surface area contributed by atoms with Gasteiger partial charge in [-0.25, -0.2) is 4.79 Å². The Bertz CT molecular complexity index is 1410. The largest absolute Gasteiger partial charge is 0.507 e. The monoisotopic (exact) mass is 470 g/mol. The van der Waals surface area contributed by atoms with E-state index in [1.165, 1.54) is 24.3 Å². The van der Waals surface area contributed by atoms with Crippen LogP contribution in [0.15, 0.2) is 54.6 Å². The van der Waals surface area contributed by atoms with Crippen LogP contribution < -0.4 is 10.6 Å². The summed E-state index contributed by atoms with van der Waals surface area (Å²) in [5.74, 6) is -3.01. The fraction of sp³-hybridized carbons (Fsp3) is 0.115. The molecule has 0 atom stereocenters. The number of aromatic carboxylic acids is 1. The molecule has 0 bridgehead atoms. The maximum absolute atomic E-state index is 12.8. The summed E-state index contributed by atoms with van der Waals surface area (Å²) in [6.07, 6.45) is 0.213. The van der Waals surface area contributed by atoms with Crippen LogP contribution in [0.3, 0.4) is 0 Å². The molecule has 9 heteroatoms. The number of nitriles is 1. The van der Waals surface area contributed by atoms with Crippen molar-refractivity contribution in [3.63, 3.8) is 0 Å². The number of nitrogens with one attached hydrogen (secondary N) is 3. The number of carbonyl (C=O) groups excluding carboxylic acids is 2. The van der Waals surface area contributed by atoms with Crippen molar-refractivity contribution >= 4 is 34.9 Å². The summed E-state index contributed by atoms with van der Waals surface area (Å²) in [7, 11) is 0. The molecule has 3 aromatic rings. The number of carbonyl (C=O) groups is 3. The van der Waals surface area contributed by atoms with Crippen LogP contribution in [0.25, 0.3) is 11.1 Å². The number of carboxylic acids is 1. The van der Waals surface area contributed by atoms with Crippen LogP contribution in [0.2, 0.25) is 0 Å². The minimum absolute atomic E-state index is 0.0979. The molecule has 9 nitrogen and oxygen atoms in total. The van der Waals surface area contributed by atoms with Gasteiger partial charge in [0.05, 0.1) is 28.6 Å². The molecule has 0 spiro atoms. The Morgan fingerprint density at radius 3 is 2.31 bits per heavy atom. The van der Waals surface area contributed by atoms with Gasteiger partial charge in [0.25, 0.3) is 5.91 Å². The first-order valence-electron chi connectivity index (χ1n) is 10.6. The van der Waals surface area contributed by atoms with Crippen LogP contribution in [0.4, 0.5) is 11.4 Å². The molecule has 0 saturated carbocycles. The molecule has 3 rings (SSSR count). The van der Waals surface area contributed by atoms with Gasteiger partial charge in [0, 0.05) is 23.6 Å². The van der Waals surface area contributed by atoms with E-state index in [-0.39, 0.29) is 34.7 Å². The zero-order chi connectivity index (χ0) is 25.7. The second-order valence-electron chi connectivity index (χ2n) is 7.64. The molecule has 176 valence electrons. The van der Waals surface area contributed by atoms with Crippen LogP contribution in [-0.2, 0) is 9.59 Å². The Labute approximate surface area is 201 Å². The fourth-order valence-electron chi connectivity index (χ4n) is 3.44. The van der Waals surface area contributed by atoms with E-state index in [4.69, 9.17) is 10.7 Å². The van der Waals surface area contributed by atoms with E-state index in [2.05, 4.69) is 10.6 Å². The van der Waals surface area contributed by atoms with Crippen molar-refractivity contribution in [2.24, 2.45) is 0 Å². The maximum Gasteiger partial charge on any atom is 0.337 e. The van der Waals surface area contributed by atoms with Crippen molar-refractivity contribution < 1.29 is 24.6 Å². The number of hydrogen-bond acceptors (Lipinski definition) is 6. The van der Waals surface area contributed by atoms with Gasteiger partial charge < -0.3 is 20.8 Å². The molecule has 0 fully saturated rings. The third-order valence-electron chi connectivity index (χ3n) is 5.29. The topological polar surface area (TPSA) is 163 Å². The molecule has 0 unspecified atom stereocenters. The fourth-order valence-corrected chi connectivity index (χ4v) is 3.44. The number of nitrogens with zero attached hydrogens (tertiary/aromatic N) is 1. The van der Waals surface area contributed by atoms with E-state index in [0.29, 0.717) is 11.3 Å². The summed E-state index contributed by atoms with van der Waals surface area (Å²) >= 11 is 0. The lowest BCUT2D eigenvalue weighted by Gasteiger charge is -2.17. The minimum Gasteiger partial charge on any atom is -0.507 e. The lowest BCUT2D eigenvalue weighted by molar-refractivity contribution is -0.116. The molecule has 35 heavy (non-hydrogen) atoms. The molecular formula is C26H22N4O5. The Kier molecular flexibility index (Phi) is 7.27. The van der Waals surface area contributed by atoms with Gasteiger partial charge in [0.2, 0.25) is 5.91 Å². The molecule has 2 amide bonds. The predicted molar refractivity (Wildman–Crippen MR) is 131 cm³/mol. The van der Waals surface area contributed by atoms with Crippen LogP contribution in [0.5, 0.6) is 5.75 Å². The molecule has 0 radical (unpaired) electrons. The van der Waals surface area contributed by atoms with E-state index in [9.17, 15) is 24.6 Å². The van der Waals surface area contributed by atoms with Gasteiger partial charge in [0.1, 0.15) is 11.5 Å². The Morgan fingerprint density at radius 2 is 1.69 bits per heavy atom. The normalized spacial score (nSPS) is 10.2. The molecule has 0 aromatic heterocycles. The highest BCUT2D eigenvalue weighted by molar-refractivity contribution is 6.48. The lowest BCUT2D eigenvalue weighted by Crippen LogP contribution is -2.24. The smallest absolute Gasteiger partial charge is 0.337 e. The first kappa shape index (κ1) is 24.7. The number of phenols is 1. The van der Waals surface area contributed by atoms with Gasteiger partial charge >= 0.3 is 5.97 Å². The summed E-state index contributed by atoms with van der Waals surface area (Å²) < 4.78 is 0. The number of rotatable bonds is 7. The number of anilines is 2. The first-order valence-corrected chi connectivity index (χ1v) is 10.6. The van der Waals surface area contributed by atoms with Crippen molar-refractivity contribution in [2.45, 2.75) is 20.3 Å². The quantitative estimate of drug-likeness (QED) is 0.323. The maximum atomic E-state index is 12.8. The lowest BCUT2D eigenvalue weighted by atomic mass is 9.94. The van der Waals surface area contributed by atoms with Gasteiger partial charge in [-0.3, -0.25) is 15.0 Å². The van der Waals surface area contributed by atoms with Gasteiger partial charge in [0.15, 0.2) is 0 Å². The van der Waals surface area contributed by atoms with Crippen molar-refractivity contribution in [3.05, 3.63) is 76.9 Å². The highest BCUT2D eigenvalue weighted by Gasteiger charge is 2.22. The molecule has 0 aliphatic rings. The van der Waals surface area contributed by atoms with Crippen LogP contribution >= 0.6 is 0 Å². The molecule has 0 heterocycles. The number of carboxylic acid groups (broad SMARTS) is 1. The van der Waals surface area contributed by atoms with E-state index in [1.807, 2.05) is 31.2 Å². The summed E-state index contributed by atoms with van der Waals surface area (Å²) in [4.78, 5) is 36.5.